The number of methoxy groups -OCH3 is 1. The zero-order chi connectivity index (χ0) is 21.8. The number of nitrogens with one attached hydrogen (secondary N) is 3. The second-order valence-corrected chi connectivity index (χ2v) is 7.53. The molecule has 2 aliphatic heterocycles. The number of anilines is 1. The molecule has 2 heterocycles. The van der Waals surface area contributed by atoms with E-state index in [2.05, 4.69) is 22.2 Å². The molecule has 0 bridgehead atoms. The first-order chi connectivity index (χ1) is 15.1. The van der Waals surface area contributed by atoms with Crippen LogP contribution in [0, 0.1) is 0 Å². The van der Waals surface area contributed by atoms with Crippen LogP contribution in [0.2, 0.25) is 0 Å². The van der Waals surface area contributed by atoms with Gasteiger partial charge in [0, 0.05) is 44.7 Å². The van der Waals surface area contributed by atoms with Crippen molar-refractivity contribution in [1.29, 1.82) is 0 Å². The Morgan fingerprint density at radius 1 is 1.00 bits per heavy atom. The van der Waals surface area contributed by atoms with Gasteiger partial charge in [0.2, 0.25) is 11.8 Å². The first kappa shape index (κ1) is 20.9. The molecule has 162 valence electrons. The lowest BCUT2D eigenvalue weighted by molar-refractivity contribution is -0.122. The molecule has 0 aromatic heterocycles. The quantitative estimate of drug-likeness (QED) is 0.660. The number of hydrogen-bond acceptors (Lipinski definition) is 6. The first-order valence-electron chi connectivity index (χ1n) is 10.3. The molecule has 0 saturated carbocycles. The van der Waals surface area contributed by atoms with Crippen LogP contribution in [-0.2, 0) is 20.9 Å². The number of carbonyl (C=O) groups is 2. The summed E-state index contributed by atoms with van der Waals surface area (Å²) < 4.78 is 4.92. The Balaban J connectivity index is 1.64. The topological polar surface area (TPSA) is 85.9 Å². The first-order valence-corrected chi connectivity index (χ1v) is 10.3. The molecule has 2 aromatic carbocycles. The van der Waals surface area contributed by atoms with E-state index in [-0.39, 0.29) is 31.2 Å². The van der Waals surface area contributed by atoms with Gasteiger partial charge >= 0.3 is 0 Å². The Morgan fingerprint density at radius 2 is 1.68 bits per heavy atom. The fourth-order valence-electron chi connectivity index (χ4n) is 3.89. The highest BCUT2D eigenvalue weighted by Gasteiger charge is 2.30. The molecule has 0 fully saturated rings. The van der Waals surface area contributed by atoms with Crippen LogP contribution in [0.5, 0.6) is 0 Å². The van der Waals surface area contributed by atoms with Crippen molar-refractivity contribution in [3.05, 3.63) is 65.2 Å². The lowest BCUT2D eigenvalue weighted by Gasteiger charge is -2.29. The summed E-state index contributed by atoms with van der Waals surface area (Å²) in [7, 11) is 3.46. The molecule has 0 radical (unpaired) electrons. The van der Waals surface area contributed by atoms with Gasteiger partial charge in [0.1, 0.15) is 0 Å². The van der Waals surface area contributed by atoms with Crippen LogP contribution in [0.4, 0.5) is 5.69 Å². The minimum absolute atomic E-state index is 0.0438. The lowest BCUT2D eigenvalue weighted by Crippen LogP contribution is -2.36. The van der Waals surface area contributed by atoms with Crippen molar-refractivity contribution in [2.75, 3.05) is 32.2 Å². The number of para-hydroxylation sites is 1. The van der Waals surface area contributed by atoms with Gasteiger partial charge in [0.15, 0.2) is 0 Å². The Kier molecular flexibility index (Phi) is 6.20. The standard InChI is InChI=1S/C23H27N5O3/c1-27-25-22-17-8-4-3-7-16(17)15-28(19-10-6-5-9-18(19)23(22)26-27)21(30)11-13-24-20(29)12-14-31-2/h3-10,25-26H,11-15H2,1-2H3,(H,24,29). The highest BCUT2D eigenvalue weighted by atomic mass is 16.5. The molecule has 8 heteroatoms. The third-order valence-electron chi connectivity index (χ3n) is 5.38. The maximum atomic E-state index is 13.3. The fraction of sp³-hybridized carbons (Fsp3) is 0.304. The number of amides is 2. The van der Waals surface area contributed by atoms with Crippen LogP contribution in [-0.4, -0.2) is 44.2 Å². The summed E-state index contributed by atoms with van der Waals surface area (Å²) in [6, 6.07) is 16.0. The monoisotopic (exact) mass is 421 g/mol. The Labute approximate surface area is 181 Å². The van der Waals surface area contributed by atoms with E-state index in [9.17, 15) is 9.59 Å². The third-order valence-corrected chi connectivity index (χ3v) is 5.38. The van der Waals surface area contributed by atoms with E-state index >= 15 is 0 Å². The van der Waals surface area contributed by atoms with E-state index in [1.54, 1.807) is 12.0 Å². The summed E-state index contributed by atoms with van der Waals surface area (Å²) in [6.07, 6.45) is 0.500. The van der Waals surface area contributed by atoms with Crippen LogP contribution < -0.4 is 21.1 Å². The number of hydrazine groups is 2. The molecule has 2 amide bonds. The van der Waals surface area contributed by atoms with Gasteiger partial charge in [-0.05, 0) is 11.6 Å². The number of ether oxygens (including phenoxy) is 1. The molecule has 0 saturated heterocycles. The zero-order valence-corrected chi connectivity index (χ0v) is 17.8. The number of fused-ring (bicyclic) bond motifs is 4. The smallest absolute Gasteiger partial charge is 0.229 e. The van der Waals surface area contributed by atoms with Crippen LogP contribution in [0.25, 0.3) is 11.4 Å². The van der Waals surface area contributed by atoms with Gasteiger partial charge in [-0.25, -0.2) is 0 Å². The predicted molar refractivity (Wildman–Crippen MR) is 119 cm³/mol. The molecule has 3 N–H and O–H groups in total. The van der Waals surface area contributed by atoms with Crippen LogP contribution >= 0.6 is 0 Å². The van der Waals surface area contributed by atoms with Crippen molar-refractivity contribution in [3.63, 3.8) is 0 Å². The normalized spacial score (nSPS) is 15.1. The van der Waals surface area contributed by atoms with E-state index < -0.39 is 0 Å². The van der Waals surface area contributed by atoms with Gasteiger partial charge in [-0.2, -0.15) is 0 Å². The lowest BCUT2D eigenvalue weighted by atomic mass is 9.96. The summed E-state index contributed by atoms with van der Waals surface area (Å²) in [4.78, 5) is 26.9. The third kappa shape index (κ3) is 4.40. The summed E-state index contributed by atoms with van der Waals surface area (Å²) in [5.41, 5.74) is 12.5. The minimum atomic E-state index is -0.118. The SMILES string of the molecule is COCCC(=O)NCCC(=O)N1Cc2ccccc2C2=C(NN(C)N2)c2ccccc21. The second-order valence-electron chi connectivity index (χ2n) is 7.53. The van der Waals surface area contributed by atoms with Gasteiger partial charge in [0.25, 0.3) is 0 Å². The second kappa shape index (κ2) is 9.20. The maximum Gasteiger partial charge on any atom is 0.229 e. The highest BCUT2D eigenvalue weighted by molar-refractivity contribution is 6.02. The number of carbonyl (C=O) groups excluding carboxylic acids is 2. The van der Waals surface area contributed by atoms with E-state index in [0.29, 0.717) is 13.2 Å². The van der Waals surface area contributed by atoms with Gasteiger partial charge in [-0.1, -0.05) is 42.5 Å². The van der Waals surface area contributed by atoms with E-state index in [1.165, 1.54) is 0 Å². The molecule has 0 aliphatic carbocycles. The van der Waals surface area contributed by atoms with Crippen LogP contribution in [0.1, 0.15) is 29.5 Å². The van der Waals surface area contributed by atoms with Crippen molar-refractivity contribution in [1.82, 2.24) is 21.3 Å². The molecule has 0 unspecified atom stereocenters. The molecule has 8 nitrogen and oxygen atoms in total. The van der Waals surface area contributed by atoms with Gasteiger partial charge in [0.05, 0.1) is 30.2 Å². The molecular formula is C23H27N5O3. The van der Waals surface area contributed by atoms with Crippen LogP contribution in [0.3, 0.4) is 0 Å². The predicted octanol–water partition coefficient (Wildman–Crippen LogP) is 1.86. The minimum Gasteiger partial charge on any atom is -0.384 e. The van der Waals surface area contributed by atoms with Crippen molar-refractivity contribution in [2.24, 2.45) is 0 Å². The highest BCUT2D eigenvalue weighted by Crippen LogP contribution is 2.37. The average Bonchev–Trinajstić information content (AvgIpc) is 3.16. The molecule has 2 aromatic rings. The van der Waals surface area contributed by atoms with Gasteiger partial charge in [-0.15, -0.1) is 5.12 Å². The molecule has 0 atom stereocenters. The van der Waals surface area contributed by atoms with Gasteiger partial charge < -0.3 is 15.0 Å². The van der Waals surface area contributed by atoms with Crippen molar-refractivity contribution in [2.45, 2.75) is 19.4 Å². The molecule has 31 heavy (non-hydrogen) atoms. The summed E-state index contributed by atoms with van der Waals surface area (Å²) >= 11 is 0. The molecule has 2 aliphatic rings. The largest absolute Gasteiger partial charge is 0.384 e. The van der Waals surface area contributed by atoms with E-state index in [1.807, 2.05) is 54.6 Å². The number of nitrogens with zero attached hydrogens (tertiary/aromatic N) is 2. The van der Waals surface area contributed by atoms with E-state index in [0.717, 1.165) is 33.8 Å². The van der Waals surface area contributed by atoms with Crippen molar-refractivity contribution >= 4 is 28.9 Å². The number of rotatable bonds is 6. The average molecular weight is 422 g/mol. The summed E-state index contributed by atoms with van der Waals surface area (Å²) in [5, 5.41) is 4.61. The van der Waals surface area contributed by atoms with Gasteiger partial charge in [-0.3, -0.25) is 20.4 Å². The zero-order valence-electron chi connectivity index (χ0n) is 17.8. The summed E-state index contributed by atoms with van der Waals surface area (Å²) in [6.45, 7) is 1.10. The Hall–Kier alpha value is -3.36. The van der Waals surface area contributed by atoms with Crippen molar-refractivity contribution < 1.29 is 14.3 Å². The molecule has 4 rings (SSSR count). The molecular weight excluding hydrogens is 394 g/mol. The molecule has 0 spiro atoms. The Bertz CT molecular complexity index is 1020. The maximum absolute atomic E-state index is 13.3. The van der Waals surface area contributed by atoms with Crippen molar-refractivity contribution in [3.8, 4) is 0 Å². The Morgan fingerprint density at radius 3 is 2.45 bits per heavy atom. The number of hydrogen-bond donors (Lipinski definition) is 3. The fourth-order valence-corrected chi connectivity index (χ4v) is 3.89. The van der Waals surface area contributed by atoms with E-state index in [4.69, 9.17) is 4.74 Å². The number of benzene rings is 2. The summed E-state index contributed by atoms with van der Waals surface area (Å²) in [5.74, 6) is -0.162. The van der Waals surface area contributed by atoms with Crippen LogP contribution in [0.15, 0.2) is 48.5 Å².